The first-order chi connectivity index (χ1) is 11.4. The summed E-state index contributed by atoms with van der Waals surface area (Å²) >= 11 is 0. The molecular formula is C23H18. The Morgan fingerprint density at radius 1 is 0.652 bits per heavy atom. The van der Waals surface area contributed by atoms with E-state index in [2.05, 4.69) is 72.2 Å². The molecule has 3 aliphatic carbocycles. The van der Waals surface area contributed by atoms with E-state index in [1.165, 1.54) is 19.3 Å². The molecule has 0 nitrogen and oxygen atoms in total. The molecule has 0 heterocycles. The molecule has 2 aromatic carbocycles. The number of hydrogen-bond acceptors (Lipinski definition) is 0. The van der Waals surface area contributed by atoms with Gasteiger partial charge in [-0.1, -0.05) is 66.5 Å². The zero-order valence-corrected chi connectivity index (χ0v) is 13.0. The Balaban J connectivity index is 1.47. The van der Waals surface area contributed by atoms with Gasteiger partial charge in [-0.05, 0) is 48.9 Å². The highest BCUT2D eigenvalue weighted by molar-refractivity contribution is 5.61. The first-order valence-electron chi connectivity index (χ1n) is 8.54. The monoisotopic (exact) mass is 294 g/mol. The van der Waals surface area contributed by atoms with E-state index >= 15 is 0 Å². The minimum Gasteiger partial charge on any atom is -0.0888 e. The summed E-state index contributed by atoms with van der Waals surface area (Å²) in [6.07, 6.45) is 3.98. The number of rotatable bonds is 0. The third-order valence-electron chi connectivity index (χ3n) is 6.08. The number of fused-ring (bicyclic) bond motifs is 2. The van der Waals surface area contributed by atoms with Crippen LogP contribution in [-0.4, -0.2) is 0 Å². The van der Waals surface area contributed by atoms with E-state index in [9.17, 15) is 0 Å². The van der Waals surface area contributed by atoms with Crippen LogP contribution in [0.3, 0.4) is 0 Å². The SMILES string of the molecule is C(#CC12C3CCCC1C32C#Cc1ccccc1)c1ccccc1. The van der Waals surface area contributed by atoms with E-state index in [1.54, 1.807) is 0 Å². The molecule has 3 aliphatic rings. The van der Waals surface area contributed by atoms with Crippen LogP contribution in [0.4, 0.5) is 0 Å². The van der Waals surface area contributed by atoms with E-state index in [4.69, 9.17) is 0 Å². The largest absolute Gasteiger partial charge is 0.0888 e. The lowest BCUT2D eigenvalue weighted by atomic mass is 9.79. The van der Waals surface area contributed by atoms with Gasteiger partial charge in [-0.15, -0.1) is 0 Å². The fourth-order valence-electron chi connectivity index (χ4n) is 4.98. The zero-order chi connectivity index (χ0) is 15.3. The smallest absolute Gasteiger partial charge is 0.0576 e. The first kappa shape index (κ1) is 13.0. The maximum absolute atomic E-state index is 3.65. The molecule has 3 fully saturated rings. The quantitative estimate of drug-likeness (QED) is 0.627. The summed E-state index contributed by atoms with van der Waals surface area (Å²) in [6.45, 7) is 0. The van der Waals surface area contributed by atoms with Gasteiger partial charge < -0.3 is 0 Å². The molecule has 0 saturated heterocycles. The molecule has 0 heteroatoms. The minimum absolute atomic E-state index is 0.225. The van der Waals surface area contributed by atoms with Crippen LogP contribution in [0.15, 0.2) is 60.7 Å². The second kappa shape index (κ2) is 4.53. The normalized spacial score (nSPS) is 35.0. The van der Waals surface area contributed by atoms with Crippen LogP contribution in [0.2, 0.25) is 0 Å². The summed E-state index contributed by atoms with van der Waals surface area (Å²) in [7, 11) is 0. The van der Waals surface area contributed by atoms with Gasteiger partial charge in [0.05, 0.1) is 10.8 Å². The Hall–Kier alpha value is -2.44. The van der Waals surface area contributed by atoms with Crippen LogP contribution in [0, 0.1) is 46.3 Å². The van der Waals surface area contributed by atoms with Crippen LogP contribution >= 0.6 is 0 Å². The van der Waals surface area contributed by atoms with E-state index in [0.29, 0.717) is 0 Å². The Morgan fingerprint density at radius 2 is 1.09 bits per heavy atom. The highest BCUT2D eigenvalue weighted by Crippen LogP contribution is 2.97. The fourth-order valence-corrected chi connectivity index (χ4v) is 4.98. The molecule has 0 spiro atoms. The molecule has 0 N–H and O–H groups in total. The van der Waals surface area contributed by atoms with Crippen molar-refractivity contribution < 1.29 is 0 Å². The lowest BCUT2D eigenvalue weighted by Crippen LogP contribution is -2.18. The Labute approximate surface area is 137 Å². The molecule has 23 heavy (non-hydrogen) atoms. The Bertz CT molecular complexity index is 784. The van der Waals surface area contributed by atoms with Crippen molar-refractivity contribution >= 4 is 0 Å². The van der Waals surface area contributed by atoms with Crippen LogP contribution in [0.25, 0.3) is 0 Å². The molecule has 0 amide bonds. The van der Waals surface area contributed by atoms with Crippen molar-refractivity contribution in [3.63, 3.8) is 0 Å². The Kier molecular flexibility index (Phi) is 2.57. The zero-order valence-electron chi connectivity index (χ0n) is 13.0. The topological polar surface area (TPSA) is 0 Å². The van der Waals surface area contributed by atoms with Crippen LogP contribution < -0.4 is 0 Å². The molecule has 3 saturated carbocycles. The highest BCUT2D eigenvalue weighted by Gasteiger charge is 2.97. The van der Waals surface area contributed by atoms with Crippen molar-refractivity contribution in [2.75, 3.05) is 0 Å². The summed E-state index contributed by atoms with van der Waals surface area (Å²) in [5.41, 5.74) is 2.71. The third-order valence-corrected chi connectivity index (χ3v) is 6.08. The number of benzene rings is 2. The standard InChI is InChI=1S/C23H18/c1-3-8-18(9-4-1)14-16-22-20-12-7-13-21(22)23(20,22)17-15-19-10-5-2-6-11-19/h1-6,8-11,20-21H,7,12-13H2. The van der Waals surface area contributed by atoms with E-state index in [0.717, 1.165) is 23.0 Å². The average Bonchev–Trinajstić information content (AvgIpc) is 3.45. The summed E-state index contributed by atoms with van der Waals surface area (Å²) < 4.78 is 0. The van der Waals surface area contributed by atoms with Gasteiger partial charge in [0.2, 0.25) is 0 Å². The van der Waals surface area contributed by atoms with Crippen molar-refractivity contribution in [2.45, 2.75) is 19.3 Å². The van der Waals surface area contributed by atoms with Gasteiger partial charge in [0, 0.05) is 11.1 Å². The molecule has 0 bridgehead atoms. The molecule has 110 valence electrons. The molecule has 2 aromatic rings. The summed E-state index contributed by atoms with van der Waals surface area (Å²) in [5, 5.41) is 0. The van der Waals surface area contributed by atoms with Gasteiger partial charge in [0.15, 0.2) is 0 Å². The van der Waals surface area contributed by atoms with E-state index < -0.39 is 0 Å². The predicted octanol–water partition coefficient (Wildman–Crippen LogP) is 4.51. The first-order valence-corrected chi connectivity index (χ1v) is 8.54. The second-order valence-electron chi connectivity index (χ2n) is 7.01. The van der Waals surface area contributed by atoms with Gasteiger partial charge >= 0.3 is 0 Å². The molecule has 0 unspecified atom stereocenters. The lowest BCUT2D eigenvalue weighted by Gasteiger charge is -2.23. The molecule has 0 aromatic heterocycles. The molecular weight excluding hydrogens is 276 g/mol. The van der Waals surface area contributed by atoms with E-state index in [-0.39, 0.29) is 10.8 Å². The average molecular weight is 294 g/mol. The van der Waals surface area contributed by atoms with Crippen molar-refractivity contribution in [3.8, 4) is 23.7 Å². The van der Waals surface area contributed by atoms with Crippen molar-refractivity contribution in [1.29, 1.82) is 0 Å². The van der Waals surface area contributed by atoms with Gasteiger partial charge in [0.1, 0.15) is 0 Å². The maximum Gasteiger partial charge on any atom is 0.0576 e. The van der Waals surface area contributed by atoms with Crippen molar-refractivity contribution in [1.82, 2.24) is 0 Å². The summed E-state index contributed by atoms with van der Waals surface area (Å²) in [5.74, 6) is 15.6. The summed E-state index contributed by atoms with van der Waals surface area (Å²) in [4.78, 5) is 0. The van der Waals surface area contributed by atoms with Crippen LogP contribution in [0.5, 0.6) is 0 Å². The highest BCUT2D eigenvalue weighted by atomic mass is 15.0. The van der Waals surface area contributed by atoms with Gasteiger partial charge in [-0.3, -0.25) is 0 Å². The Morgan fingerprint density at radius 3 is 1.52 bits per heavy atom. The molecule has 0 atom stereocenters. The third kappa shape index (κ3) is 1.64. The van der Waals surface area contributed by atoms with Gasteiger partial charge in [-0.2, -0.15) is 0 Å². The predicted molar refractivity (Wildman–Crippen MR) is 92.3 cm³/mol. The minimum atomic E-state index is 0.225. The van der Waals surface area contributed by atoms with Gasteiger partial charge in [0.25, 0.3) is 0 Å². The molecule has 5 rings (SSSR count). The second-order valence-corrected chi connectivity index (χ2v) is 7.01. The van der Waals surface area contributed by atoms with Crippen molar-refractivity contribution in [2.24, 2.45) is 22.7 Å². The molecule has 0 radical (unpaired) electrons. The summed E-state index contributed by atoms with van der Waals surface area (Å²) in [6, 6.07) is 20.7. The molecule has 0 aliphatic heterocycles. The van der Waals surface area contributed by atoms with E-state index in [1.807, 2.05) is 12.1 Å². The van der Waals surface area contributed by atoms with Crippen LogP contribution in [-0.2, 0) is 0 Å². The van der Waals surface area contributed by atoms with Crippen LogP contribution in [0.1, 0.15) is 30.4 Å². The number of hydrogen-bond donors (Lipinski definition) is 0. The van der Waals surface area contributed by atoms with Gasteiger partial charge in [-0.25, -0.2) is 0 Å². The van der Waals surface area contributed by atoms with Crippen molar-refractivity contribution in [3.05, 3.63) is 71.8 Å². The maximum atomic E-state index is 3.65. The fraction of sp³-hybridized carbons (Fsp3) is 0.304. The lowest BCUT2D eigenvalue weighted by molar-refractivity contribution is 0.282.